The van der Waals surface area contributed by atoms with Gasteiger partial charge in [0, 0.05) is 12.7 Å². The molecule has 0 unspecified atom stereocenters. The monoisotopic (exact) mass is 370 g/mol. The van der Waals surface area contributed by atoms with Gasteiger partial charge in [0.15, 0.2) is 0 Å². The highest BCUT2D eigenvalue weighted by Crippen LogP contribution is 2.32. The average Bonchev–Trinajstić information content (AvgIpc) is 3.19. The van der Waals surface area contributed by atoms with Crippen LogP contribution >= 0.6 is 0 Å². The van der Waals surface area contributed by atoms with Crippen molar-refractivity contribution in [3.05, 3.63) is 77.5 Å². The maximum Gasteiger partial charge on any atom is 0.140 e. The number of nitrogens with one attached hydrogen (secondary N) is 1. The highest BCUT2D eigenvalue weighted by Gasteiger charge is 2.27. The minimum absolute atomic E-state index is 0.295. The second kappa shape index (κ2) is 8.15. The molecule has 1 saturated heterocycles. The van der Waals surface area contributed by atoms with Crippen LogP contribution in [0.5, 0.6) is 0 Å². The van der Waals surface area contributed by atoms with Crippen molar-refractivity contribution in [3.8, 4) is 6.07 Å². The van der Waals surface area contributed by atoms with E-state index in [1.54, 1.807) is 12.3 Å². The molecule has 1 N–H and O–H groups in total. The van der Waals surface area contributed by atoms with Crippen molar-refractivity contribution in [2.45, 2.75) is 32.4 Å². The van der Waals surface area contributed by atoms with E-state index < -0.39 is 0 Å². The van der Waals surface area contributed by atoms with Crippen LogP contribution in [0.3, 0.4) is 0 Å². The largest absolute Gasteiger partial charge is 0.339 e. The lowest BCUT2D eigenvalue weighted by Gasteiger charge is -2.24. The Morgan fingerprint density at radius 3 is 2.82 bits per heavy atom. The molecule has 3 aromatic rings. The van der Waals surface area contributed by atoms with Crippen LogP contribution in [0.1, 0.15) is 41.5 Å². The molecule has 1 fully saturated rings. The Hall–Kier alpha value is -3.30. The fourth-order valence-corrected chi connectivity index (χ4v) is 3.54. The zero-order valence-electron chi connectivity index (χ0n) is 15.8. The lowest BCUT2D eigenvalue weighted by atomic mass is 10.1. The highest BCUT2D eigenvalue weighted by molar-refractivity contribution is 5.55. The van der Waals surface area contributed by atoms with Gasteiger partial charge in [-0.1, -0.05) is 12.1 Å². The van der Waals surface area contributed by atoms with E-state index in [0.717, 1.165) is 48.8 Å². The lowest BCUT2D eigenvalue weighted by molar-refractivity contribution is 0.241. The molecular weight excluding hydrogens is 348 g/mol. The first kappa shape index (κ1) is 18.1. The van der Waals surface area contributed by atoms with Gasteiger partial charge in [0.1, 0.15) is 17.6 Å². The minimum Gasteiger partial charge on any atom is -0.339 e. The molecule has 140 valence electrons. The fraction of sp³-hybridized carbons (Fsp3) is 0.273. The molecule has 4 rings (SSSR count). The zero-order chi connectivity index (χ0) is 19.3. The number of nitrogens with zero attached hydrogens (tertiary/aromatic N) is 5. The summed E-state index contributed by atoms with van der Waals surface area (Å²) < 4.78 is 0. The van der Waals surface area contributed by atoms with Crippen LogP contribution in [0.4, 0.5) is 11.5 Å². The first-order chi connectivity index (χ1) is 13.7. The third-order valence-corrected chi connectivity index (χ3v) is 4.96. The SMILES string of the molecule is Cc1ccc(CN2CCC[C@H]2c2cccc(Nc3ccc(C#N)nc3)n2)nc1. The number of aryl methyl sites for hydroxylation is 1. The fourth-order valence-electron chi connectivity index (χ4n) is 3.54. The predicted molar refractivity (Wildman–Crippen MR) is 108 cm³/mol. The van der Waals surface area contributed by atoms with Crippen LogP contribution in [0.25, 0.3) is 0 Å². The van der Waals surface area contributed by atoms with Crippen molar-refractivity contribution in [1.29, 1.82) is 5.26 Å². The Morgan fingerprint density at radius 2 is 2.07 bits per heavy atom. The van der Waals surface area contributed by atoms with Crippen LogP contribution < -0.4 is 5.32 Å². The van der Waals surface area contributed by atoms with E-state index in [-0.39, 0.29) is 0 Å². The molecule has 28 heavy (non-hydrogen) atoms. The Labute approximate surface area is 164 Å². The molecule has 0 aromatic carbocycles. The number of rotatable bonds is 5. The predicted octanol–water partition coefficient (Wildman–Crippen LogP) is 4.13. The number of pyridine rings is 3. The summed E-state index contributed by atoms with van der Waals surface area (Å²) in [5.74, 6) is 0.782. The number of aromatic nitrogens is 3. The van der Waals surface area contributed by atoms with Gasteiger partial charge < -0.3 is 5.32 Å². The van der Waals surface area contributed by atoms with E-state index in [4.69, 9.17) is 10.2 Å². The summed E-state index contributed by atoms with van der Waals surface area (Å²) in [6, 6.07) is 16.1. The number of nitriles is 1. The normalized spacial score (nSPS) is 16.6. The van der Waals surface area contributed by atoms with Crippen molar-refractivity contribution in [3.63, 3.8) is 0 Å². The quantitative estimate of drug-likeness (QED) is 0.727. The zero-order valence-corrected chi connectivity index (χ0v) is 15.8. The molecule has 0 bridgehead atoms. The van der Waals surface area contributed by atoms with Gasteiger partial charge in [0.2, 0.25) is 0 Å². The Morgan fingerprint density at radius 1 is 1.14 bits per heavy atom. The van der Waals surface area contributed by atoms with Crippen LogP contribution in [-0.4, -0.2) is 26.4 Å². The van der Waals surface area contributed by atoms with Gasteiger partial charge in [-0.3, -0.25) is 9.88 Å². The number of hydrogen-bond acceptors (Lipinski definition) is 6. The molecule has 4 heterocycles. The summed E-state index contributed by atoms with van der Waals surface area (Å²) in [5, 5.41) is 12.1. The molecular formula is C22H22N6. The van der Waals surface area contributed by atoms with Gasteiger partial charge in [0.05, 0.1) is 29.3 Å². The van der Waals surface area contributed by atoms with Crippen molar-refractivity contribution in [2.75, 3.05) is 11.9 Å². The van der Waals surface area contributed by atoms with Gasteiger partial charge in [-0.25, -0.2) is 9.97 Å². The van der Waals surface area contributed by atoms with Gasteiger partial charge in [-0.05, 0) is 62.2 Å². The summed E-state index contributed by atoms with van der Waals surface area (Å²) in [5.41, 5.74) is 4.56. The van der Waals surface area contributed by atoms with Crippen LogP contribution in [0.15, 0.2) is 54.9 Å². The maximum absolute atomic E-state index is 8.87. The number of hydrogen-bond donors (Lipinski definition) is 1. The standard InChI is InChI=1S/C22H22N6/c1-16-7-8-19(24-13-16)15-28-11-3-5-21(28)20-4-2-6-22(27-20)26-18-10-9-17(12-23)25-14-18/h2,4,6-10,13-14,21H,3,5,11,15H2,1H3,(H,26,27)/t21-/m0/s1. The molecule has 0 spiro atoms. The molecule has 1 atom stereocenters. The summed E-state index contributed by atoms with van der Waals surface area (Å²) >= 11 is 0. The van der Waals surface area contributed by atoms with E-state index >= 15 is 0 Å². The van der Waals surface area contributed by atoms with E-state index in [1.165, 1.54) is 5.56 Å². The molecule has 0 aliphatic carbocycles. The van der Waals surface area contributed by atoms with Crippen molar-refractivity contribution in [1.82, 2.24) is 19.9 Å². The molecule has 0 amide bonds. The van der Waals surface area contributed by atoms with Crippen molar-refractivity contribution in [2.24, 2.45) is 0 Å². The molecule has 1 aliphatic heterocycles. The third kappa shape index (κ3) is 4.16. The second-order valence-electron chi connectivity index (χ2n) is 7.07. The van der Waals surface area contributed by atoms with Crippen molar-refractivity contribution < 1.29 is 0 Å². The van der Waals surface area contributed by atoms with E-state index in [1.807, 2.05) is 30.5 Å². The summed E-state index contributed by atoms with van der Waals surface area (Å²) in [6.07, 6.45) is 5.84. The van der Waals surface area contributed by atoms with Gasteiger partial charge in [-0.15, -0.1) is 0 Å². The number of likely N-dealkylation sites (tertiary alicyclic amines) is 1. The van der Waals surface area contributed by atoms with Crippen LogP contribution in [-0.2, 0) is 6.54 Å². The third-order valence-electron chi connectivity index (χ3n) is 4.96. The van der Waals surface area contributed by atoms with E-state index in [0.29, 0.717) is 11.7 Å². The van der Waals surface area contributed by atoms with Crippen LogP contribution in [0, 0.1) is 18.3 Å². The maximum atomic E-state index is 8.87. The first-order valence-corrected chi connectivity index (χ1v) is 9.47. The van der Waals surface area contributed by atoms with Crippen molar-refractivity contribution >= 4 is 11.5 Å². The summed E-state index contributed by atoms with van der Waals surface area (Å²) in [7, 11) is 0. The topological polar surface area (TPSA) is 77.7 Å². The molecule has 6 heteroatoms. The molecule has 0 radical (unpaired) electrons. The Balaban J connectivity index is 1.49. The lowest BCUT2D eigenvalue weighted by Crippen LogP contribution is -2.24. The molecule has 3 aromatic heterocycles. The Bertz CT molecular complexity index is 975. The Kier molecular flexibility index (Phi) is 5.27. The van der Waals surface area contributed by atoms with Gasteiger partial charge in [0.25, 0.3) is 0 Å². The van der Waals surface area contributed by atoms with E-state index in [9.17, 15) is 0 Å². The molecule has 0 saturated carbocycles. The summed E-state index contributed by atoms with van der Waals surface area (Å²) in [6.45, 7) is 3.95. The first-order valence-electron chi connectivity index (χ1n) is 9.47. The number of anilines is 2. The summed E-state index contributed by atoms with van der Waals surface area (Å²) in [4.78, 5) is 15.9. The molecule has 1 aliphatic rings. The van der Waals surface area contributed by atoms with Gasteiger partial charge in [-0.2, -0.15) is 5.26 Å². The minimum atomic E-state index is 0.295. The average molecular weight is 370 g/mol. The van der Waals surface area contributed by atoms with Gasteiger partial charge >= 0.3 is 0 Å². The smallest absolute Gasteiger partial charge is 0.140 e. The van der Waals surface area contributed by atoms with E-state index in [2.05, 4.69) is 45.3 Å². The second-order valence-corrected chi connectivity index (χ2v) is 7.07. The molecule has 6 nitrogen and oxygen atoms in total. The highest BCUT2D eigenvalue weighted by atomic mass is 15.2. The van der Waals surface area contributed by atoms with Crippen LogP contribution in [0.2, 0.25) is 0 Å².